The second-order valence-electron chi connectivity index (χ2n) is 9.16. The van der Waals surface area contributed by atoms with E-state index in [4.69, 9.17) is 4.42 Å². The first-order chi connectivity index (χ1) is 16.0. The topological polar surface area (TPSA) is 42.7 Å². The number of nitrogens with zero attached hydrogens (tertiary/aromatic N) is 1. The molecule has 2 atom stereocenters. The van der Waals surface area contributed by atoms with Gasteiger partial charge in [-0.05, 0) is 63.1 Å². The van der Waals surface area contributed by atoms with Gasteiger partial charge in [-0.3, -0.25) is 4.90 Å². The smallest absolute Gasteiger partial charge is 0.330 e. The Kier molecular flexibility index (Phi) is 6.29. The summed E-state index contributed by atoms with van der Waals surface area (Å²) in [6.07, 6.45) is 2.61. The quantitative estimate of drug-likeness (QED) is 0.253. The molecule has 0 N–H and O–H groups in total. The first-order valence-corrected chi connectivity index (χ1v) is 10.9. The van der Waals surface area contributed by atoms with E-state index in [1.807, 2.05) is 6.92 Å². The van der Waals surface area contributed by atoms with E-state index in [1.54, 1.807) is 11.0 Å². The molecule has 3 aromatic rings. The van der Waals surface area contributed by atoms with Crippen molar-refractivity contribution >= 4 is 23.0 Å². The van der Waals surface area contributed by atoms with E-state index in [2.05, 4.69) is 4.74 Å². The van der Waals surface area contributed by atoms with Gasteiger partial charge in [0, 0.05) is 29.8 Å². The first-order valence-electron chi connectivity index (χ1n) is 10.9. The second-order valence-corrected chi connectivity index (χ2v) is 9.16. The van der Waals surface area contributed by atoms with Crippen LogP contribution in [0.5, 0.6) is 0 Å². The Morgan fingerprint density at radius 2 is 1.88 bits per heavy atom. The lowest BCUT2D eigenvalue weighted by Gasteiger charge is -2.42. The van der Waals surface area contributed by atoms with Crippen molar-refractivity contribution in [1.29, 1.82) is 0 Å². The van der Waals surface area contributed by atoms with Gasteiger partial charge in [0.15, 0.2) is 0 Å². The molecule has 0 bridgehead atoms. The predicted molar refractivity (Wildman–Crippen MR) is 120 cm³/mol. The van der Waals surface area contributed by atoms with Gasteiger partial charge >= 0.3 is 5.97 Å². The van der Waals surface area contributed by atoms with Crippen LogP contribution in [0.4, 0.5) is 17.6 Å². The van der Waals surface area contributed by atoms with Gasteiger partial charge in [0.1, 0.15) is 40.5 Å². The average Bonchev–Trinajstić information content (AvgIpc) is 3.11. The van der Waals surface area contributed by atoms with Crippen LogP contribution >= 0.6 is 0 Å². The summed E-state index contributed by atoms with van der Waals surface area (Å²) in [5, 5.41) is 0.270. The molecule has 0 fully saturated rings. The van der Waals surface area contributed by atoms with Crippen LogP contribution in [0.15, 0.2) is 40.8 Å². The highest BCUT2D eigenvalue weighted by Gasteiger charge is 2.42. The minimum atomic E-state index is -1.67. The zero-order valence-electron chi connectivity index (χ0n) is 19.3. The Bertz CT molecular complexity index is 1250. The number of methoxy groups -OCH3 is 1. The number of carbonyl (C=O) groups excluding carboxylic acids is 1. The van der Waals surface area contributed by atoms with Crippen molar-refractivity contribution in [3.63, 3.8) is 0 Å². The maximum absolute atomic E-state index is 15.4. The third kappa shape index (κ3) is 4.46. The monoisotopic (exact) mass is 475 g/mol. The number of alkyl halides is 1. The van der Waals surface area contributed by atoms with Crippen molar-refractivity contribution in [2.45, 2.75) is 44.9 Å². The SMILES string of the molecule is COC(=O)/C=C/c1cc(F)c([C@@H]2c3oc4cccc(F)c4c3C[C@@H](C)N2CC(C)(C)F)c(F)c1. The van der Waals surface area contributed by atoms with E-state index in [9.17, 15) is 13.6 Å². The number of fused-ring (bicyclic) bond motifs is 3. The fraction of sp³-hybridized carbons (Fsp3) is 0.346. The molecule has 0 spiro atoms. The predicted octanol–water partition coefficient (Wildman–Crippen LogP) is 6.12. The zero-order chi connectivity index (χ0) is 24.8. The number of esters is 1. The zero-order valence-corrected chi connectivity index (χ0v) is 19.3. The van der Waals surface area contributed by atoms with Crippen molar-refractivity contribution in [2.24, 2.45) is 0 Å². The summed E-state index contributed by atoms with van der Waals surface area (Å²) in [6, 6.07) is 5.09. The van der Waals surface area contributed by atoms with Gasteiger partial charge in [0.25, 0.3) is 0 Å². The van der Waals surface area contributed by atoms with Gasteiger partial charge < -0.3 is 9.15 Å². The maximum Gasteiger partial charge on any atom is 0.330 e. The van der Waals surface area contributed by atoms with Crippen LogP contribution < -0.4 is 0 Å². The van der Waals surface area contributed by atoms with E-state index in [1.165, 1.54) is 39.2 Å². The van der Waals surface area contributed by atoms with E-state index in [0.29, 0.717) is 12.0 Å². The molecule has 4 nitrogen and oxygen atoms in total. The summed E-state index contributed by atoms with van der Waals surface area (Å²) >= 11 is 0. The number of halogens is 4. The van der Waals surface area contributed by atoms with Crippen LogP contribution in [0.25, 0.3) is 17.0 Å². The summed E-state index contributed by atoms with van der Waals surface area (Å²) in [6.45, 7) is 4.46. The van der Waals surface area contributed by atoms with Gasteiger partial charge in [0.2, 0.25) is 0 Å². The number of furan rings is 1. The molecule has 1 aromatic heterocycles. The Hall–Kier alpha value is -3.13. The molecule has 0 unspecified atom stereocenters. The number of hydrogen-bond acceptors (Lipinski definition) is 4. The van der Waals surface area contributed by atoms with Crippen LogP contribution in [0, 0.1) is 17.5 Å². The van der Waals surface area contributed by atoms with Crippen LogP contribution in [0.2, 0.25) is 0 Å². The molecular weight excluding hydrogens is 450 g/mol. The standard InChI is InChI=1S/C26H25F4NO3/c1-14-10-16-22-17(27)6-5-7-20(22)34-25(16)24(31(14)13-26(2,3)30)23-18(28)11-15(12-19(23)29)8-9-21(32)33-4/h5-9,11-12,14,24H,10,13H2,1-4H3/b9-8+/t14-,24-/m1/s1. The van der Waals surface area contributed by atoms with Gasteiger partial charge in [0.05, 0.1) is 12.5 Å². The largest absolute Gasteiger partial charge is 0.466 e. The molecular formula is C26H25F4NO3. The van der Waals surface area contributed by atoms with Gasteiger partial charge in [-0.15, -0.1) is 0 Å². The minimum Gasteiger partial charge on any atom is -0.466 e. The Balaban J connectivity index is 1.91. The summed E-state index contributed by atoms with van der Waals surface area (Å²) in [4.78, 5) is 13.0. The molecule has 0 saturated heterocycles. The molecule has 0 radical (unpaired) electrons. The fourth-order valence-electron chi connectivity index (χ4n) is 4.60. The Labute approximate surface area is 194 Å². The van der Waals surface area contributed by atoms with Crippen molar-refractivity contribution in [3.8, 4) is 0 Å². The normalized spacial score (nSPS) is 19.1. The highest BCUT2D eigenvalue weighted by atomic mass is 19.1. The van der Waals surface area contributed by atoms with E-state index in [-0.39, 0.29) is 40.4 Å². The summed E-state index contributed by atoms with van der Waals surface area (Å²) in [7, 11) is 1.19. The van der Waals surface area contributed by atoms with Crippen molar-refractivity contribution in [2.75, 3.05) is 13.7 Å². The fourth-order valence-corrected chi connectivity index (χ4v) is 4.60. The van der Waals surface area contributed by atoms with E-state index < -0.39 is 35.1 Å². The van der Waals surface area contributed by atoms with E-state index >= 15 is 8.78 Å². The number of carbonyl (C=O) groups is 1. The molecule has 0 amide bonds. The molecule has 2 heterocycles. The second kappa shape index (κ2) is 8.91. The van der Waals surface area contributed by atoms with Crippen LogP contribution in [0.3, 0.4) is 0 Å². The van der Waals surface area contributed by atoms with Crippen LogP contribution in [-0.2, 0) is 16.0 Å². The molecule has 8 heteroatoms. The van der Waals surface area contributed by atoms with Gasteiger partial charge in [-0.1, -0.05) is 6.07 Å². The van der Waals surface area contributed by atoms with Gasteiger partial charge in [-0.2, -0.15) is 0 Å². The van der Waals surface area contributed by atoms with Crippen LogP contribution in [-0.4, -0.2) is 36.2 Å². The summed E-state index contributed by atoms with van der Waals surface area (Å²) in [5.41, 5.74) is -1.10. The molecule has 4 rings (SSSR count). The third-order valence-electron chi connectivity index (χ3n) is 5.99. The molecule has 2 aromatic carbocycles. The molecule has 34 heavy (non-hydrogen) atoms. The van der Waals surface area contributed by atoms with Crippen molar-refractivity contribution in [3.05, 3.63) is 76.3 Å². The molecule has 180 valence electrons. The molecule has 0 aliphatic carbocycles. The number of benzene rings is 2. The van der Waals surface area contributed by atoms with E-state index in [0.717, 1.165) is 18.2 Å². The third-order valence-corrected chi connectivity index (χ3v) is 5.99. The average molecular weight is 475 g/mol. The summed E-state index contributed by atoms with van der Waals surface area (Å²) < 4.78 is 70.8. The lowest BCUT2D eigenvalue weighted by Crippen LogP contribution is -2.48. The highest BCUT2D eigenvalue weighted by Crippen LogP contribution is 2.45. The molecule has 0 saturated carbocycles. The van der Waals surface area contributed by atoms with Crippen molar-refractivity contribution in [1.82, 2.24) is 4.90 Å². The lowest BCUT2D eigenvalue weighted by molar-refractivity contribution is -0.134. The number of rotatable bonds is 5. The number of hydrogen-bond donors (Lipinski definition) is 0. The summed E-state index contributed by atoms with van der Waals surface area (Å²) in [5.74, 6) is -2.75. The molecule has 1 aliphatic heterocycles. The molecule has 1 aliphatic rings. The van der Waals surface area contributed by atoms with Gasteiger partial charge in [-0.25, -0.2) is 22.4 Å². The maximum atomic E-state index is 15.4. The lowest BCUT2D eigenvalue weighted by atomic mass is 9.87. The minimum absolute atomic E-state index is 0.112. The Morgan fingerprint density at radius 3 is 2.50 bits per heavy atom. The number of ether oxygens (including phenoxy) is 1. The first kappa shape index (κ1) is 24.0. The van der Waals surface area contributed by atoms with Crippen molar-refractivity contribution < 1.29 is 31.5 Å². The van der Waals surface area contributed by atoms with Crippen LogP contribution in [0.1, 0.15) is 49.3 Å². The Morgan fingerprint density at radius 1 is 1.21 bits per heavy atom. The highest BCUT2D eigenvalue weighted by molar-refractivity contribution is 5.87.